The Morgan fingerprint density at radius 3 is 2.89 bits per heavy atom. The molecule has 0 aromatic carbocycles. The summed E-state index contributed by atoms with van der Waals surface area (Å²) in [7, 11) is -2.94. The van der Waals surface area contributed by atoms with Crippen molar-refractivity contribution in [1.82, 2.24) is 9.97 Å². The molecule has 0 saturated carbocycles. The Balaban J connectivity index is 2.23. The number of nitrogens with one attached hydrogen (secondary N) is 1. The molecule has 1 aliphatic rings. The lowest BCUT2D eigenvalue weighted by Crippen LogP contribution is -2.22. The first kappa shape index (κ1) is 13.1. The Bertz CT molecular complexity index is 594. The van der Waals surface area contributed by atoms with Gasteiger partial charge in [0.1, 0.15) is 28.8 Å². The predicted molar refractivity (Wildman–Crippen MR) is 69.2 cm³/mol. The molecule has 1 unspecified atom stereocenters. The maximum absolute atomic E-state index is 11.4. The number of aromatic nitrogens is 2. The van der Waals surface area contributed by atoms with Crippen molar-refractivity contribution in [2.24, 2.45) is 0 Å². The molecule has 0 amide bonds. The van der Waals surface area contributed by atoms with Crippen molar-refractivity contribution >= 4 is 27.4 Å². The zero-order valence-electron chi connectivity index (χ0n) is 9.75. The van der Waals surface area contributed by atoms with Crippen LogP contribution >= 0.6 is 11.8 Å². The minimum absolute atomic E-state index is 0.0937. The Morgan fingerprint density at radius 1 is 1.56 bits per heavy atom. The van der Waals surface area contributed by atoms with Crippen molar-refractivity contribution in [2.45, 2.75) is 17.5 Å². The summed E-state index contributed by atoms with van der Waals surface area (Å²) in [5.41, 5.74) is 0.370. The molecule has 2 rings (SSSR count). The van der Waals surface area contributed by atoms with Gasteiger partial charge < -0.3 is 5.32 Å². The van der Waals surface area contributed by atoms with Gasteiger partial charge in [0.05, 0.1) is 11.5 Å². The van der Waals surface area contributed by atoms with E-state index in [0.29, 0.717) is 22.8 Å². The average molecular weight is 284 g/mol. The molecule has 1 fully saturated rings. The third kappa shape index (κ3) is 2.73. The highest BCUT2D eigenvalue weighted by molar-refractivity contribution is 7.98. The van der Waals surface area contributed by atoms with E-state index in [4.69, 9.17) is 5.26 Å². The third-order valence-electron chi connectivity index (χ3n) is 2.69. The first-order valence-electron chi connectivity index (χ1n) is 5.32. The van der Waals surface area contributed by atoms with E-state index in [1.807, 2.05) is 6.26 Å². The number of thioether (sulfide) groups is 1. The molecule has 1 aliphatic heterocycles. The minimum atomic E-state index is -2.94. The molecule has 0 bridgehead atoms. The van der Waals surface area contributed by atoms with Gasteiger partial charge in [-0.3, -0.25) is 0 Å². The highest BCUT2D eigenvalue weighted by Gasteiger charge is 2.28. The molecule has 0 radical (unpaired) electrons. The van der Waals surface area contributed by atoms with Crippen LogP contribution in [0.4, 0.5) is 5.82 Å². The Hall–Kier alpha value is -1.33. The van der Waals surface area contributed by atoms with Gasteiger partial charge in [-0.05, 0) is 12.7 Å². The van der Waals surface area contributed by atoms with Crippen LogP contribution in [-0.4, -0.2) is 42.2 Å². The van der Waals surface area contributed by atoms with Gasteiger partial charge in [0.15, 0.2) is 9.84 Å². The van der Waals surface area contributed by atoms with Gasteiger partial charge in [-0.2, -0.15) is 5.26 Å². The van der Waals surface area contributed by atoms with E-state index in [9.17, 15) is 8.42 Å². The lowest BCUT2D eigenvalue weighted by Gasteiger charge is -2.13. The SMILES string of the molecule is CSc1ncnc(NC2CCS(=O)(=O)C2)c1C#N. The van der Waals surface area contributed by atoms with Crippen LogP contribution in [0, 0.1) is 11.3 Å². The van der Waals surface area contributed by atoms with E-state index in [0.717, 1.165) is 0 Å². The highest BCUT2D eigenvalue weighted by Crippen LogP contribution is 2.24. The van der Waals surface area contributed by atoms with E-state index in [1.165, 1.54) is 18.1 Å². The average Bonchev–Trinajstić information content (AvgIpc) is 2.68. The zero-order valence-corrected chi connectivity index (χ0v) is 11.4. The molecule has 8 heteroatoms. The minimum Gasteiger partial charge on any atom is -0.365 e. The fourth-order valence-corrected chi connectivity index (χ4v) is 4.01. The number of sulfone groups is 1. The standard InChI is InChI=1S/C10H12N4O2S2/c1-17-10-8(4-11)9(12-6-13-10)14-7-2-3-18(15,16)5-7/h6-7H,2-3,5H2,1H3,(H,12,13,14). The predicted octanol–water partition coefficient (Wildman–Crippen LogP) is 0.669. The van der Waals surface area contributed by atoms with Gasteiger partial charge in [-0.1, -0.05) is 0 Å². The van der Waals surface area contributed by atoms with Crippen LogP contribution < -0.4 is 5.32 Å². The lowest BCUT2D eigenvalue weighted by molar-refractivity contribution is 0.602. The molecule has 1 aromatic heterocycles. The number of nitrogens with zero attached hydrogens (tertiary/aromatic N) is 3. The van der Waals surface area contributed by atoms with Gasteiger partial charge in [0.2, 0.25) is 0 Å². The van der Waals surface area contributed by atoms with Gasteiger partial charge in [-0.15, -0.1) is 11.8 Å². The number of nitriles is 1. The Morgan fingerprint density at radius 2 is 2.33 bits per heavy atom. The Labute approximate surface area is 110 Å². The smallest absolute Gasteiger partial charge is 0.152 e. The first-order valence-corrected chi connectivity index (χ1v) is 8.36. The summed E-state index contributed by atoms with van der Waals surface area (Å²) in [5.74, 6) is 0.697. The topological polar surface area (TPSA) is 95.7 Å². The summed E-state index contributed by atoms with van der Waals surface area (Å²) in [6.07, 6.45) is 3.75. The van der Waals surface area contributed by atoms with Crippen LogP contribution in [-0.2, 0) is 9.84 Å². The summed E-state index contributed by atoms with van der Waals surface area (Å²) in [5, 5.41) is 12.7. The maximum Gasteiger partial charge on any atom is 0.152 e. The van der Waals surface area contributed by atoms with Crippen molar-refractivity contribution < 1.29 is 8.42 Å². The van der Waals surface area contributed by atoms with Crippen molar-refractivity contribution in [3.8, 4) is 6.07 Å². The fraction of sp³-hybridized carbons (Fsp3) is 0.500. The maximum atomic E-state index is 11.4. The Kier molecular flexibility index (Phi) is 3.73. The molecule has 0 spiro atoms. The third-order valence-corrected chi connectivity index (χ3v) is 5.16. The molecule has 0 aliphatic carbocycles. The molecule has 96 valence electrons. The van der Waals surface area contributed by atoms with E-state index < -0.39 is 9.84 Å². The van der Waals surface area contributed by atoms with Crippen molar-refractivity contribution in [1.29, 1.82) is 5.26 Å². The van der Waals surface area contributed by atoms with Gasteiger partial charge in [0.25, 0.3) is 0 Å². The molecule has 1 atom stereocenters. The second kappa shape index (κ2) is 5.12. The first-order chi connectivity index (χ1) is 8.55. The number of rotatable bonds is 3. The largest absolute Gasteiger partial charge is 0.365 e. The normalized spacial score (nSPS) is 21.4. The van der Waals surface area contributed by atoms with Crippen molar-refractivity contribution in [3.63, 3.8) is 0 Å². The number of hydrogen-bond acceptors (Lipinski definition) is 7. The number of anilines is 1. The molecule has 2 heterocycles. The van der Waals surface area contributed by atoms with Crippen molar-refractivity contribution in [3.05, 3.63) is 11.9 Å². The highest BCUT2D eigenvalue weighted by atomic mass is 32.2. The molecule has 1 aromatic rings. The summed E-state index contributed by atoms with van der Waals surface area (Å²) in [6.45, 7) is 0. The lowest BCUT2D eigenvalue weighted by atomic mass is 10.2. The van der Waals surface area contributed by atoms with E-state index >= 15 is 0 Å². The van der Waals surface area contributed by atoms with E-state index in [2.05, 4.69) is 21.4 Å². The second-order valence-corrected chi connectivity index (χ2v) is 6.99. The van der Waals surface area contributed by atoms with E-state index in [1.54, 1.807) is 0 Å². The molecule has 18 heavy (non-hydrogen) atoms. The summed E-state index contributed by atoms with van der Waals surface area (Å²) < 4.78 is 22.7. The van der Waals surface area contributed by atoms with Crippen LogP contribution in [0.1, 0.15) is 12.0 Å². The molecule has 1 saturated heterocycles. The van der Waals surface area contributed by atoms with Crippen molar-refractivity contribution in [2.75, 3.05) is 23.1 Å². The van der Waals surface area contributed by atoms with Crippen LogP contribution in [0.3, 0.4) is 0 Å². The van der Waals surface area contributed by atoms with E-state index in [-0.39, 0.29) is 17.5 Å². The molecular weight excluding hydrogens is 272 g/mol. The van der Waals surface area contributed by atoms with Crippen LogP contribution in [0.2, 0.25) is 0 Å². The van der Waals surface area contributed by atoms with Crippen LogP contribution in [0.5, 0.6) is 0 Å². The van der Waals surface area contributed by atoms with Crippen LogP contribution in [0.25, 0.3) is 0 Å². The molecule has 1 N–H and O–H groups in total. The number of hydrogen-bond donors (Lipinski definition) is 1. The molecule has 6 nitrogen and oxygen atoms in total. The summed E-state index contributed by atoms with van der Waals surface area (Å²) in [6, 6.07) is 1.88. The molecular formula is C10H12N4O2S2. The van der Waals surface area contributed by atoms with Gasteiger partial charge in [-0.25, -0.2) is 18.4 Å². The van der Waals surface area contributed by atoms with Gasteiger partial charge in [0, 0.05) is 6.04 Å². The fourth-order valence-electron chi connectivity index (χ4n) is 1.84. The van der Waals surface area contributed by atoms with Crippen LogP contribution in [0.15, 0.2) is 11.4 Å². The summed E-state index contributed by atoms with van der Waals surface area (Å²) in [4.78, 5) is 8.02. The zero-order chi connectivity index (χ0) is 13.2. The summed E-state index contributed by atoms with van der Waals surface area (Å²) >= 11 is 1.36. The second-order valence-electron chi connectivity index (χ2n) is 3.96. The van der Waals surface area contributed by atoms with Gasteiger partial charge >= 0.3 is 0 Å². The quantitative estimate of drug-likeness (QED) is 0.643. The monoisotopic (exact) mass is 284 g/mol.